The number of nitrogens with zero attached hydrogens (tertiary/aromatic N) is 2. The number of rotatable bonds is 9. The summed E-state index contributed by atoms with van der Waals surface area (Å²) < 4.78 is 12.8. The molecule has 0 saturated heterocycles. The number of methoxy groups -OCH3 is 1. The van der Waals surface area contributed by atoms with Crippen LogP contribution in [0.4, 0.5) is 0 Å². The van der Waals surface area contributed by atoms with Crippen molar-refractivity contribution < 1.29 is 14.3 Å². The third-order valence-corrected chi connectivity index (χ3v) is 4.33. The summed E-state index contributed by atoms with van der Waals surface area (Å²) in [6.07, 6.45) is 0.630. The number of carbonyl (C=O) groups is 1. The van der Waals surface area contributed by atoms with E-state index in [0.717, 1.165) is 22.6 Å². The molecule has 0 spiro atoms. The molecule has 0 fully saturated rings. The molecule has 0 saturated carbocycles. The molecule has 0 aliphatic rings. The Labute approximate surface area is 163 Å². The molecule has 142 valence electrons. The van der Waals surface area contributed by atoms with Crippen molar-refractivity contribution in [2.45, 2.75) is 13.0 Å². The fourth-order valence-electron chi connectivity index (χ4n) is 2.85. The number of para-hydroxylation sites is 2. The molecular formula is C20H22ClN3O3. The lowest BCUT2D eigenvalue weighted by molar-refractivity contribution is -0.124. The summed E-state index contributed by atoms with van der Waals surface area (Å²) in [4.78, 5) is 16.3. The quantitative estimate of drug-likeness (QED) is 0.612. The summed E-state index contributed by atoms with van der Waals surface area (Å²) in [7, 11) is 1.50. The van der Waals surface area contributed by atoms with E-state index in [1.807, 2.05) is 36.4 Å². The van der Waals surface area contributed by atoms with Gasteiger partial charge in [0.2, 0.25) is 5.91 Å². The molecule has 0 bridgehead atoms. The predicted octanol–water partition coefficient (Wildman–Crippen LogP) is 3.07. The number of hydrogen-bond donors (Lipinski definition) is 1. The van der Waals surface area contributed by atoms with E-state index in [0.29, 0.717) is 31.1 Å². The molecule has 27 heavy (non-hydrogen) atoms. The van der Waals surface area contributed by atoms with Gasteiger partial charge in [-0.15, -0.1) is 0 Å². The fraction of sp³-hybridized carbons (Fsp3) is 0.300. The number of hydrogen-bond acceptors (Lipinski definition) is 4. The highest BCUT2D eigenvalue weighted by atomic mass is 35.5. The number of nitrogens with one attached hydrogen (secondary N) is 1. The van der Waals surface area contributed by atoms with Gasteiger partial charge in [0.1, 0.15) is 24.8 Å². The molecule has 1 N–H and O–H groups in total. The maximum atomic E-state index is 11.6. The summed E-state index contributed by atoms with van der Waals surface area (Å²) in [5, 5.41) is 3.51. The zero-order valence-corrected chi connectivity index (χ0v) is 15.9. The van der Waals surface area contributed by atoms with Crippen LogP contribution in [0.15, 0.2) is 48.5 Å². The Bertz CT molecular complexity index is 893. The van der Waals surface area contributed by atoms with Crippen LogP contribution in [0.1, 0.15) is 5.82 Å². The molecule has 3 rings (SSSR count). The molecule has 2 aromatic carbocycles. The van der Waals surface area contributed by atoms with Gasteiger partial charge < -0.3 is 19.4 Å². The number of halogens is 1. The molecule has 1 heterocycles. The predicted molar refractivity (Wildman–Crippen MR) is 105 cm³/mol. The van der Waals surface area contributed by atoms with E-state index >= 15 is 0 Å². The van der Waals surface area contributed by atoms with Gasteiger partial charge in [-0.1, -0.05) is 23.7 Å². The standard InChI is InChI=1S/C20H22ClN3O3/c1-26-14-20(25)22-11-10-19-23-17-4-2-3-5-18(17)24(19)12-13-27-16-8-6-15(21)7-9-16/h2-9H,10-14H2,1H3,(H,22,25). The fourth-order valence-corrected chi connectivity index (χ4v) is 2.97. The lowest BCUT2D eigenvalue weighted by Gasteiger charge is -2.11. The van der Waals surface area contributed by atoms with Crippen LogP contribution in [-0.4, -0.2) is 42.3 Å². The van der Waals surface area contributed by atoms with E-state index in [1.165, 1.54) is 7.11 Å². The largest absolute Gasteiger partial charge is 0.492 e. The molecule has 3 aromatic rings. The zero-order chi connectivity index (χ0) is 19.1. The van der Waals surface area contributed by atoms with Crippen LogP contribution in [0.3, 0.4) is 0 Å². The number of amides is 1. The number of carbonyl (C=O) groups excluding carboxylic acids is 1. The third-order valence-electron chi connectivity index (χ3n) is 4.08. The van der Waals surface area contributed by atoms with Crippen LogP contribution in [0.25, 0.3) is 11.0 Å². The average Bonchev–Trinajstić information content (AvgIpc) is 3.01. The molecule has 0 unspecified atom stereocenters. The van der Waals surface area contributed by atoms with Gasteiger partial charge in [0.15, 0.2) is 0 Å². The van der Waals surface area contributed by atoms with E-state index in [4.69, 9.17) is 26.1 Å². The first kappa shape index (κ1) is 19.2. The van der Waals surface area contributed by atoms with Crippen molar-refractivity contribution in [2.75, 3.05) is 26.9 Å². The molecule has 0 radical (unpaired) electrons. The van der Waals surface area contributed by atoms with E-state index < -0.39 is 0 Å². The van der Waals surface area contributed by atoms with Crippen molar-refractivity contribution in [1.29, 1.82) is 0 Å². The first-order valence-corrected chi connectivity index (χ1v) is 9.13. The number of imidazole rings is 1. The van der Waals surface area contributed by atoms with E-state index in [9.17, 15) is 4.79 Å². The van der Waals surface area contributed by atoms with E-state index in [-0.39, 0.29) is 12.5 Å². The number of ether oxygens (including phenoxy) is 2. The molecule has 1 aromatic heterocycles. The molecule has 7 heteroatoms. The minimum Gasteiger partial charge on any atom is -0.492 e. The molecule has 6 nitrogen and oxygen atoms in total. The van der Waals surface area contributed by atoms with Crippen molar-refractivity contribution in [1.82, 2.24) is 14.9 Å². The smallest absolute Gasteiger partial charge is 0.245 e. The van der Waals surface area contributed by atoms with Crippen LogP contribution in [0.2, 0.25) is 5.02 Å². The van der Waals surface area contributed by atoms with Crippen molar-refractivity contribution in [2.24, 2.45) is 0 Å². The van der Waals surface area contributed by atoms with Crippen molar-refractivity contribution in [3.63, 3.8) is 0 Å². The highest BCUT2D eigenvalue weighted by Crippen LogP contribution is 2.18. The molecule has 0 aliphatic heterocycles. The molecule has 1 amide bonds. The lowest BCUT2D eigenvalue weighted by atomic mass is 10.3. The average molecular weight is 388 g/mol. The number of fused-ring (bicyclic) bond motifs is 1. The second-order valence-corrected chi connectivity index (χ2v) is 6.44. The Morgan fingerprint density at radius 2 is 1.96 bits per heavy atom. The Hall–Kier alpha value is -2.57. The topological polar surface area (TPSA) is 65.4 Å². The van der Waals surface area contributed by atoms with Gasteiger partial charge in [-0.25, -0.2) is 4.98 Å². The highest BCUT2D eigenvalue weighted by Gasteiger charge is 2.11. The normalized spacial score (nSPS) is 10.9. The number of aromatic nitrogens is 2. The Balaban J connectivity index is 1.66. The summed E-state index contributed by atoms with van der Waals surface area (Å²) in [5.41, 5.74) is 1.98. The third kappa shape index (κ3) is 5.21. The van der Waals surface area contributed by atoms with Gasteiger partial charge in [0.05, 0.1) is 17.6 Å². The summed E-state index contributed by atoms with van der Waals surface area (Å²) in [6.45, 7) is 1.73. The first-order valence-electron chi connectivity index (χ1n) is 8.75. The van der Waals surface area contributed by atoms with Gasteiger partial charge in [-0.2, -0.15) is 0 Å². The SMILES string of the molecule is COCC(=O)NCCc1nc2ccccc2n1CCOc1ccc(Cl)cc1. The van der Waals surface area contributed by atoms with E-state index in [1.54, 1.807) is 12.1 Å². The van der Waals surface area contributed by atoms with Gasteiger partial charge >= 0.3 is 0 Å². The first-order chi connectivity index (χ1) is 13.2. The monoisotopic (exact) mass is 387 g/mol. The van der Waals surface area contributed by atoms with Crippen LogP contribution in [-0.2, 0) is 22.5 Å². The molecule has 0 aliphatic carbocycles. The zero-order valence-electron chi connectivity index (χ0n) is 15.2. The maximum absolute atomic E-state index is 11.6. The Kier molecular flexibility index (Phi) is 6.68. The van der Waals surface area contributed by atoms with Crippen LogP contribution in [0.5, 0.6) is 5.75 Å². The second-order valence-electron chi connectivity index (χ2n) is 6.00. The highest BCUT2D eigenvalue weighted by molar-refractivity contribution is 6.30. The van der Waals surface area contributed by atoms with Crippen LogP contribution >= 0.6 is 11.6 Å². The minimum absolute atomic E-state index is 0.0609. The molecular weight excluding hydrogens is 366 g/mol. The van der Waals surface area contributed by atoms with Gasteiger partial charge in [-0.05, 0) is 36.4 Å². The summed E-state index contributed by atoms with van der Waals surface area (Å²) in [6, 6.07) is 15.3. The van der Waals surface area contributed by atoms with Gasteiger partial charge in [0.25, 0.3) is 0 Å². The lowest BCUT2D eigenvalue weighted by Crippen LogP contribution is -2.29. The van der Waals surface area contributed by atoms with Gasteiger partial charge in [0, 0.05) is 25.1 Å². The van der Waals surface area contributed by atoms with Crippen LogP contribution < -0.4 is 10.1 Å². The Morgan fingerprint density at radius 3 is 2.74 bits per heavy atom. The Morgan fingerprint density at radius 1 is 1.19 bits per heavy atom. The van der Waals surface area contributed by atoms with Gasteiger partial charge in [-0.3, -0.25) is 4.79 Å². The van der Waals surface area contributed by atoms with Crippen LogP contribution in [0, 0.1) is 0 Å². The minimum atomic E-state index is -0.133. The number of benzene rings is 2. The maximum Gasteiger partial charge on any atom is 0.245 e. The summed E-state index contributed by atoms with van der Waals surface area (Å²) in [5.74, 6) is 1.55. The van der Waals surface area contributed by atoms with E-state index in [2.05, 4.69) is 9.88 Å². The van der Waals surface area contributed by atoms with Crippen molar-refractivity contribution in [3.05, 3.63) is 59.4 Å². The van der Waals surface area contributed by atoms with Crippen molar-refractivity contribution >= 4 is 28.5 Å². The summed E-state index contributed by atoms with van der Waals surface area (Å²) >= 11 is 5.90. The van der Waals surface area contributed by atoms with Crippen molar-refractivity contribution in [3.8, 4) is 5.75 Å². The second kappa shape index (κ2) is 9.39. The molecule has 0 atom stereocenters.